The van der Waals surface area contributed by atoms with Crippen LogP contribution >= 0.6 is 0 Å². The van der Waals surface area contributed by atoms with E-state index < -0.39 is 0 Å². The van der Waals surface area contributed by atoms with E-state index in [4.69, 9.17) is 0 Å². The Hall–Kier alpha value is 1.40. The zero-order valence-electron chi connectivity index (χ0n) is 4.58. The Morgan fingerprint density at radius 2 is 1.00 bits per heavy atom. The van der Waals surface area contributed by atoms with E-state index in [9.17, 15) is 0 Å². The maximum absolute atomic E-state index is 2.62. The maximum Gasteiger partial charge on any atom is 1.00 e. The van der Waals surface area contributed by atoms with Gasteiger partial charge in [-0.15, -0.1) is 0 Å². The first-order valence-corrected chi connectivity index (χ1v) is 0.827. The van der Waals surface area contributed by atoms with Gasteiger partial charge in [-0.3, -0.25) is 6.07 Å². The van der Waals surface area contributed by atoms with E-state index in [0.717, 1.165) is 0 Å². The average Bonchev–Trinajstić information content (AvgIpc) is 1.46. The Labute approximate surface area is 74.3 Å². The molecule has 0 heterocycles. The number of rotatable bonds is 0. The molecule has 1 aromatic rings. The fourth-order valence-corrected chi connectivity index (χ4v) is 0. The molecule has 1 aromatic carbocycles. The van der Waals surface area contributed by atoms with Crippen molar-refractivity contribution >= 4 is 0 Å². The van der Waals surface area contributed by atoms with Gasteiger partial charge in [0.2, 0.25) is 0 Å². The van der Waals surface area contributed by atoms with Gasteiger partial charge in [0.25, 0.3) is 0 Å². The summed E-state index contributed by atoms with van der Waals surface area (Å²) in [5.41, 5.74) is 0. The molecule has 0 nitrogen and oxygen atoms in total. The van der Waals surface area contributed by atoms with Crippen LogP contribution < -0.4 is 56.6 Å². The topological polar surface area (TPSA) is 0 Å². The van der Waals surface area contributed by atoms with Crippen molar-refractivity contribution in [2.24, 2.45) is 0 Å². The van der Waals surface area contributed by atoms with E-state index in [1.165, 1.54) is 0 Å². The van der Waals surface area contributed by atoms with Gasteiger partial charge in [-0.1, -0.05) is 0 Å². The Kier molecular flexibility index (Phi) is 25.2. The molecular formula is C3HLi3+2. The van der Waals surface area contributed by atoms with Crippen molar-refractivity contribution < 1.29 is 56.6 Å². The van der Waals surface area contributed by atoms with E-state index in [2.05, 4.69) is 12.1 Å². The van der Waals surface area contributed by atoms with Crippen molar-refractivity contribution in [1.82, 2.24) is 0 Å². The normalized spacial score (nSPS) is 4.00. The third-order valence-corrected chi connectivity index (χ3v) is 0.144. The molecule has 0 unspecified atom stereocenters. The van der Waals surface area contributed by atoms with E-state index >= 15 is 0 Å². The third kappa shape index (κ3) is 18.1. The Morgan fingerprint density at radius 3 is 1.00 bits per heavy atom. The number of hydrogen-bond donors (Lipinski definition) is 0. The van der Waals surface area contributed by atoms with Crippen LogP contribution in [-0.2, 0) is 0 Å². The molecule has 0 atom stereocenters. The van der Waals surface area contributed by atoms with Crippen molar-refractivity contribution in [3.63, 3.8) is 0 Å². The molecule has 0 saturated heterocycles. The Balaban J connectivity index is -0.0000000300. The second-order valence-corrected chi connectivity index (χ2v) is 0.433. The molecule has 0 spiro atoms. The summed E-state index contributed by atoms with van der Waals surface area (Å²) in [4.78, 5) is 0. The van der Waals surface area contributed by atoms with Crippen molar-refractivity contribution in [1.29, 1.82) is 0 Å². The van der Waals surface area contributed by atoms with Gasteiger partial charge in [0.15, 0.2) is 0 Å². The van der Waals surface area contributed by atoms with Crippen LogP contribution in [0.2, 0.25) is 0 Å². The molecule has 1 rings (SSSR count). The van der Waals surface area contributed by atoms with Gasteiger partial charge in [-0.25, -0.2) is 0 Å². The monoisotopic (exact) mass is 58.1 g/mol. The number of hydrogen-bond acceptors (Lipinski definition) is 0. The Morgan fingerprint density at radius 1 is 0.833 bits per heavy atom. The largest absolute Gasteiger partial charge is 1.00 e. The van der Waals surface area contributed by atoms with Crippen LogP contribution in [0.3, 0.4) is 0 Å². The molecule has 14 valence electrons. The van der Waals surface area contributed by atoms with Crippen molar-refractivity contribution in [3.05, 3.63) is 18.2 Å². The van der Waals surface area contributed by atoms with Crippen molar-refractivity contribution in [2.45, 2.75) is 0 Å². The van der Waals surface area contributed by atoms with Crippen LogP contribution in [0, 0.1) is 12.1 Å². The molecule has 0 aliphatic rings. The zero-order valence-corrected chi connectivity index (χ0v) is 4.58. The summed E-state index contributed by atoms with van der Waals surface area (Å²) in [5, 5.41) is 0. The summed E-state index contributed by atoms with van der Waals surface area (Å²) < 4.78 is 0. The predicted octanol–water partition coefficient (Wildman–Crippen LogP) is -8.54. The van der Waals surface area contributed by atoms with Gasteiger partial charge in [0.05, 0.1) is 0 Å². The van der Waals surface area contributed by atoms with Crippen LogP contribution in [-0.4, -0.2) is 0 Å². The Bertz CT molecular complexity index is 34.1. The van der Waals surface area contributed by atoms with Crippen LogP contribution in [0.5, 0.6) is 0 Å². The molecule has 0 saturated carbocycles. The van der Waals surface area contributed by atoms with Crippen LogP contribution in [0.25, 0.3) is 0 Å². The second-order valence-electron chi connectivity index (χ2n) is 0.433. The van der Waals surface area contributed by atoms with Gasteiger partial charge in [-0.2, -0.15) is 0 Å². The van der Waals surface area contributed by atoms with E-state index in [0.29, 0.717) is 0 Å². The SMILES string of the molecule is [Li+].[Li+].[Li+].[c-]1[c-][cH+]1. The zero-order chi connectivity index (χ0) is 2.12. The van der Waals surface area contributed by atoms with E-state index in [1.807, 2.05) is 0 Å². The minimum atomic E-state index is 0. The van der Waals surface area contributed by atoms with Gasteiger partial charge in [0.1, 0.15) is 0 Å². The molecule has 0 radical (unpaired) electrons. The fraction of sp³-hybridized carbons (Fsp3) is 0. The first-order valence-electron chi connectivity index (χ1n) is 0.827. The van der Waals surface area contributed by atoms with Crippen molar-refractivity contribution in [2.75, 3.05) is 0 Å². The first kappa shape index (κ1) is 15.7. The summed E-state index contributed by atoms with van der Waals surface area (Å²) in [6.07, 6.45) is 0. The molecule has 0 amide bonds. The van der Waals surface area contributed by atoms with Gasteiger partial charge in [0, 0.05) is 0 Å². The summed E-state index contributed by atoms with van der Waals surface area (Å²) in [6.45, 7) is 0. The molecule has 0 aliphatic heterocycles. The van der Waals surface area contributed by atoms with E-state index in [1.54, 1.807) is 6.07 Å². The minimum absolute atomic E-state index is 0. The van der Waals surface area contributed by atoms with Gasteiger partial charge in [-0.05, 0) is 0 Å². The van der Waals surface area contributed by atoms with E-state index in [-0.39, 0.29) is 56.6 Å². The molecular weight excluding hydrogens is 56.9 g/mol. The first-order chi connectivity index (χ1) is 1.50. The average molecular weight is 57.9 g/mol. The van der Waals surface area contributed by atoms with Crippen LogP contribution in [0.4, 0.5) is 0 Å². The van der Waals surface area contributed by atoms with Crippen LogP contribution in [0.15, 0.2) is 6.07 Å². The molecule has 0 aromatic heterocycles. The third-order valence-electron chi connectivity index (χ3n) is 0.144. The predicted molar refractivity (Wildman–Crippen MR) is 10.9 cm³/mol. The molecule has 0 N–H and O–H groups in total. The summed E-state index contributed by atoms with van der Waals surface area (Å²) in [6, 6.07) is 7.00. The van der Waals surface area contributed by atoms with Crippen LogP contribution in [0.1, 0.15) is 0 Å². The quantitative estimate of drug-likeness (QED) is 0.205. The minimum Gasteiger partial charge on any atom is -0.326 e. The smallest absolute Gasteiger partial charge is 0.326 e. The summed E-state index contributed by atoms with van der Waals surface area (Å²) >= 11 is 0. The molecule has 0 fully saturated rings. The van der Waals surface area contributed by atoms with Gasteiger partial charge >= 0.3 is 56.6 Å². The molecule has 3 heteroatoms. The second kappa shape index (κ2) is 9.64. The molecule has 0 aliphatic carbocycles. The maximum atomic E-state index is 2.62. The molecule has 0 bridgehead atoms. The van der Waals surface area contributed by atoms with Crippen molar-refractivity contribution in [3.8, 4) is 0 Å². The summed E-state index contributed by atoms with van der Waals surface area (Å²) in [7, 11) is 0. The summed E-state index contributed by atoms with van der Waals surface area (Å²) in [5.74, 6) is 0. The standard InChI is InChI=1S/C3H.3Li/c1-2-3-1;;;/h1H;;;/q-1;3*+1. The van der Waals surface area contributed by atoms with Gasteiger partial charge < -0.3 is 12.1 Å². The fourth-order valence-electron chi connectivity index (χ4n) is 0. The molecule has 6 heavy (non-hydrogen) atoms.